The van der Waals surface area contributed by atoms with Crippen LogP contribution >= 0.6 is 0 Å². The molecule has 0 aromatic heterocycles. The van der Waals surface area contributed by atoms with Crippen LogP contribution in [0.3, 0.4) is 0 Å². The van der Waals surface area contributed by atoms with E-state index in [0.29, 0.717) is 0 Å². The quantitative estimate of drug-likeness (QED) is 0.500. The Morgan fingerprint density at radius 3 is 2.65 bits per heavy atom. The molecule has 2 aliphatic rings. The average Bonchev–Trinajstić information content (AvgIpc) is 2.62. The highest BCUT2D eigenvalue weighted by Crippen LogP contribution is 2.26. The Kier molecular flexibility index (Phi) is 4.99. The van der Waals surface area contributed by atoms with Crippen molar-refractivity contribution in [1.82, 2.24) is 9.80 Å². The molecular formula is C14H26N2O. The van der Waals surface area contributed by atoms with Gasteiger partial charge in [0.15, 0.2) is 0 Å². The van der Waals surface area contributed by atoms with Crippen molar-refractivity contribution >= 4 is 6.29 Å². The molecule has 0 radical (unpaired) electrons. The fourth-order valence-electron chi connectivity index (χ4n) is 3.18. The minimum atomic E-state index is 0.731. The van der Waals surface area contributed by atoms with E-state index in [2.05, 4.69) is 16.8 Å². The van der Waals surface area contributed by atoms with Crippen molar-refractivity contribution in [2.75, 3.05) is 26.7 Å². The number of hydrogen-bond donors (Lipinski definition) is 0. The van der Waals surface area contributed by atoms with Crippen LogP contribution in [-0.4, -0.2) is 54.9 Å². The van der Waals surface area contributed by atoms with Crippen LogP contribution in [0.2, 0.25) is 0 Å². The van der Waals surface area contributed by atoms with Crippen LogP contribution in [0.5, 0.6) is 0 Å². The molecule has 3 heteroatoms. The minimum absolute atomic E-state index is 0.731. The highest BCUT2D eigenvalue weighted by atomic mass is 16.1. The maximum atomic E-state index is 10.4. The molecule has 2 rings (SSSR count). The molecule has 2 unspecified atom stereocenters. The van der Waals surface area contributed by atoms with Crippen LogP contribution in [0, 0.1) is 0 Å². The van der Waals surface area contributed by atoms with Gasteiger partial charge in [0.1, 0.15) is 6.29 Å². The van der Waals surface area contributed by atoms with E-state index in [4.69, 9.17) is 0 Å². The van der Waals surface area contributed by atoms with Gasteiger partial charge in [-0.2, -0.15) is 0 Å². The molecule has 0 bridgehead atoms. The summed E-state index contributed by atoms with van der Waals surface area (Å²) in [6.07, 6.45) is 9.50. The van der Waals surface area contributed by atoms with Gasteiger partial charge in [0, 0.05) is 18.5 Å². The number of hydrogen-bond acceptors (Lipinski definition) is 3. The maximum Gasteiger partial charge on any atom is 0.119 e. The lowest BCUT2D eigenvalue weighted by Crippen LogP contribution is -2.47. The summed E-state index contributed by atoms with van der Waals surface area (Å²) in [4.78, 5) is 15.6. The van der Waals surface area contributed by atoms with Crippen molar-refractivity contribution in [3.63, 3.8) is 0 Å². The van der Waals surface area contributed by atoms with Crippen LogP contribution in [0.4, 0.5) is 0 Å². The monoisotopic (exact) mass is 238 g/mol. The van der Waals surface area contributed by atoms with Gasteiger partial charge in [-0.15, -0.1) is 0 Å². The number of nitrogens with zero attached hydrogens (tertiary/aromatic N) is 2. The molecule has 2 atom stereocenters. The summed E-state index contributed by atoms with van der Waals surface area (Å²) in [5, 5.41) is 0. The van der Waals surface area contributed by atoms with Gasteiger partial charge in [-0.25, -0.2) is 0 Å². The van der Waals surface area contributed by atoms with Crippen molar-refractivity contribution in [1.29, 1.82) is 0 Å². The Hall–Kier alpha value is -0.410. The number of rotatable bonds is 7. The molecule has 2 fully saturated rings. The second kappa shape index (κ2) is 6.50. The fraction of sp³-hybridized carbons (Fsp3) is 0.929. The SMILES string of the molecule is CN1CCCC1CC(CCCC=O)N1CCC1. The number of likely N-dealkylation sites (tertiary alicyclic amines) is 2. The molecule has 0 spiro atoms. The third-order valence-corrected chi connectivity index (χ3v) is 4.48. The largest absolute Gasteiger partial charge is 0.303 e. The van der Waals surface area contributed by atoms with E-state index in [-0.39, 0.29) is 0 Å². The van der Waals surface area contributed by atoms with E-state index in [9.17, 15) is 4.79 Å². The van der Waals surface area contributed by atoms with Crippen LogP contribution < -0.4 is 0 Å². The summed E-state index contributed by atoms with van der Waals surface area (Å²) >= 11 is 0. The second-order valence-electron chi connectivity index (χ2n) is 5.65. The molecule has 0 aromatic rings. The molecule has 0 aliphatic carbocycles. The molecular weight excluding hydrogens is 212 g/mol. The number of carbonyl (C=O) groups is 1. The smallest absolute Gasteiger partial charge is 0.119 e. The predicted octanol–water partition coefficient (Wildman–Crippen LogP) is 1.91. The van der Waals surface area contributed by atoms with Crippen molar-refractivity contribution in [2.24, 2.45) is 0 Å². The molecule has 2 heterocycles. The van der Waals surface area contributed by atoms with E-state index < -0.39 is 0 Å². The molecule has 2 aliphatic heterocycles. The van der Waals surface area contributed by atoms with Gasteiger partial charge in [-0.1, -0.05) is 0 Å². The van der Waals surface area contributed by atoms with E-state index in [0.717, 1.165) is 31.2 Å². The lowest BCUT2D eigenvalue weighted by atomic mass is 9.96. The summed E-state index contributed by atoms with van der Waals surface area (Å²) < 4.78 is 0. The van der Waals surface area contributed by atoms with Gasteiger partial charge in [-0.3, -0.25) is 0 Å². The van der Waals surface area contributed by atoms with E-state index >= 15 is 0 Å². The number of aldehydes is 1. The van der Waals surface area contributed by atoms with Gasteiger partial charge < -0.3 is 14.6 Å². The average molecular weight is 238 g/mol. The number of carbonyl (C=O) groups excluding carboxylic acids is 1. The van der Waals surface area contributed by atoms with Crippen molar-refractivity contribution in [2.45, 2.75) is 57.0 Å². The van der Waals surface area contributed by atoms with E-state index in [1.807, 2.05) is 0 Å². The van der Waals surface area contributed by atoms with Crippen LogP contribution in [0.15, 0.2) is 0 Å². The van der Waals surface area contributed by atoms with Crippen LogP contribution in [-0.2, 0) is 4.79 Å². The first-order chi connectivity index (χ1) is 8.31. The summed E-state index contributed by atoms with van der Waals surface area (Å²) in [6.45, 7) is 3.83. The van der Waals surface area contributed by atoms with Gasteiger partial charge >= 0.3 is 0 Å². The second-order valence-corrected chi connectivity index (χ2v) is 5.65. The highest BCUT2D eigenvalue weighted by molar-refractivity contribution is 5.48. The highest BCUT2D eigenvalue weighted by Gasteiger charge is 2.29. The van der Waals surface area contributed by atoms with Gasteiger partial charge in [0.25, 0.3) is 0 Å². The molecule has 0 N–H and O–H groups in total. The molecule has 0 saturated carbocycles. The van der Waals surface area contributed by atoms with Crippen molar-refractivity contribution in [3.8, 4) is 0 Å². The summed E-state index contributed by atoms with van der Waals surface area (Å²) in [5.41, 5.74) is 0. The maximum absolute atomic E-state index is 10.4. The van der Waals surface area contributed by atoms with E-state index in [1.165, 1.54) is 51.7 Å². The molecule has 3 nitrogen and oxygen atoms in total. The Balaban J connectivity index is 1.79. The topological polar surface area (TPSA) is 23.6 Å². The predicted molar refractivity (Wildman–Crippen MR) is 70.2 cm³/mol. The van der Waals surface area contributed by atoms with Gasteiger partial charge in [0.2, 0.25) is 0 Å². The van der Waals surface area contributed by atoms with Gasteiger partial charge in [0.05, 0.1) is 0 Å². The summed E-state index contributed by atoms with van der Waals surface area (Å²) in [5.74, 6) is 0. The van der Waals surface area contributed by atoms with Crippen molar-refractivity contribution < 1.29 is 4.79 Å². The standard InChI is InChI=1S/C14H26N2O/c1-15-8-4-7-13(15)12-14(6-2-3-11-17)16-9-5-10-16/h11,13-14H,2-10,12H2,1H3. The first-order valence-electron chi connectivity index (χ1n) is 7.19. The van der Waals surface area contributed by atoms with E-state index in [1.54, 1.807) is 0 Å². The lowest BCUT2D eigenvalue weighted by Gasteiger charge is -2.40. The Morgan fingerprint density at radius 2 is 2.12 bits per heavy atom. The lowest BCUT2D eigenvalue weighted by molar-refractivity contribution is -0.108. The first kappa shape index (κ1) is 13.0. The zero-order valence-corrected chi connectivity index (χ0v) is 11.1. The first-order valence-corrected chi connectivity index (χ1v) is 7.19. The van der Waals surface area contributed by atoms with Crippen LogP contribution in [0.25, 0.3) is 0 Å². The molecule has 0 amide bonds. The summed E-state index contributed by atoms with van der Waals surface area (Å²) in [6, 6.07) is 1.52. The Morgan fingerprint density at radius 1 is 1.29 bits per heavy atom. The Bertz CT molecular complexity index is 240. The third-order valence-electron chi connectivity index (χ3n) is 4.48. The molecule has 0 aromatic carbocycles. The third kappa shape index (κ3) is 3.52. The van der Waals surface area contributed by atoms with Crippen LogP contribution in [0.1, 0.15) is 44.9 Å². The minimum Gasteiger partial charge on any atom is -0.303 e. The summed E-state index contributed by atoms with van der Waals surface area (Å²) in [7, 11) is 2.26. The fourth-order valence-corrected chi connectivity index (χ4v) is 3.18. The molecule has 98 valence electrons. The number of unbranched alkanes of at least 4 members (excludes halogenated alkanes) is 1. The normalized spacial score (nSPS) is 27.9. The zero-order valence-electron chi connectivity index (χ0n) is 11.1. The molecule has 2 saturated heterocycles. The van der Waals surface area contributed by atoms with Gasteiger partial charge in [-0.05, 0) is 65.2 Å². The van der Waals surface area contributed by atoms with Crippen molar-refractivity contribution in [3.05, 3.63) is 0 Å². The Labute approximate surface area is 105 Å². The zero-order chi connectivity index (χ0) is 12.1. The molecule has 17 heavy (non-hydrogen) atoms.